The number of rotatable bonds is 6. The maximum absolute atomic E-state index is 12.4. The Morgan fingerprint density at radius 3 is 2.22 bits per heavy atom. The zero-order valence-electron chi connectivity index (χ0n) is 9.71. The molecule has 0 aliphatic carbocycles. The first-order valence-corrected chi connectivity index (χ1v) is 5.19. The van der Waals surface area contributed by atoms with Crippen molar-refractivity contribution >= 4 is 24.8 Å². The highest BCUT2D eigenvalue weighted by molar-refractivity contribution is 5.85. The highest BCUT2D eigenvalue weighted by atomic mass is 35.5. The second-order valence-electron chi connectivity index (χ2n) is 3.71. The van der Waals surface area contributed by atoms with E-state index in [9.17, 15) is 17.6 Å². The van der Waals surface area contributed by atoms with Crippen LogP contribution in [0.5, 0.6) is 0 Å². The van der Waals surface area contributed by atoms with E-state index < -0.39 is 19.0 Å². The molecule has 1 fully saturated rings. The molecule has 0 atom stereocenters. The van der Waals surface area contributed by atoms with Gasteiger partial charge < -0.3 is 10.1 Å². The summed E-state index contributed by atoms with van der Waals surface area (Å²) in [5.74, 6) is -4.04. The number of piperazine rings is 1. The van der Waals surface area contributed by atoms with Gasteiger partial charge in [-0.15, -0.1) is 24.8 Å². The van der Waals surface area contributed by atoms with Gasteiger partial charge in [-0.3, -0.25) is 4.90 Å². The molecule has 1 aliphatic rings. The molecule has 0 radical (unpaired) electrons. The fourth-order valence-electron chi connectivity index (χ4n) is 1.40. The molecule has 0 saturated carbocycles. The van der Waals surface area contributed by atoms with Crippen molar-refractivity contribution in [3.63, 3.8) is 0 Å². The Morgan fingerprint density at radius 2 is 1.72 bits per heavy atom. The highest BCUT2D eigenvalue weighted by Crippen LogP contribution is 2.22. The third kappa shape index (κ3) is 7.58. The first-order chi connectivity index (χ1) is 7.52. The molecule has 1 saturated heterocycles. The van der Waals surface area contributed by atoms with E-state index in [0.717, 1.165) is 26.2 Å². The molecule has 0 bridgehead atoms. The number of alkyl halides is 4. The monoisotopic (exact) mass is 316 g/mol. The van der Waals surface area contributed by atoms with Gasteiger partial charge in [-0.25, -0.2) is 8.78 Å². The zero-order valence-corrected chi connectivity index (χ0v) is 11.3. The number of hydrogen-bond donors (Lipinski definition) is 1. The topological polar surface area (TPSA) is 24.5 Å². The number of halogens is 6. The van der Waals surface area contributed by atoms with E-state index in [0.29, 0.717) is 6.54 Å². The Balaban J connectivity index is 0. The molecule has 1 N–H and O–H groups in total. The van der Waals surface area contributed by atoms with Crippen LogP contribution in [-0.4, -0.2) is 63.2 Å². The summed E-state index contributed by atoms with van der Waals surface area (Å²) in [6, 6.07) is 0. The largest absolute Gasteiger partial charge is 0.374 e. The molecule has 0 aromatic carbocycles. The Morgan fingerprint density at radius 1 is 1.17 bits per heavy atom. The fourth-order valence-corrected chi connectivity index (χ4v) is 1.40. The van der Waals surface area contributed by atoms with Gasteiger partial charge in [0.25, 0.3) is 0 Å². The average molecular weight is 317 g/mol. The minimum absolute atomic E-state index is 0. The van der Waals surface area contributed by atoms with Crippen molar-refractivity contribution in [2.24, 2.45) is 0 Å². The molecule has 9 heteroatoms. The maximum atomic E-state index is 12.4. The van der Waals surface area contributed by atoms with Gasteiger partial charge in [-0.1, -0.05) is 0 Å². The van der Waals surface area contributed by atoms with Crippen LogP contribution in [-0.2, 0) is 4.74 Å². The first kappa shape index (κ1) is 20.5. The lowest BCUT2D eigenvalue weighted by Gasteiger charge is -2.27. The van der Waals surface area contributed by atoms with Crippen molar-refractivity contribution in [1.29, 1.82) is 0 Å². The molecule has 0 aromatic rings. The predicted molar refractivity (Wildman–Crippen MR) is 65.6 cm³/mol. The van der Waals surface area contributed by atoms with Crippen LogP contribution in [0.3, 0.4) is 0 Å². The van der Waals surface area contributed by atoms with Gasteiger partial charge in [0.15, 0.2) is 0 Å². The van der Waals surface area contributed by atoms with Crippen molar-refractivity contribution in [2.75, 3.05) is 45.9 Å². The Hall–Kier alpha value is 0.180. The highest BCUT2D eigenvalue weighted by Gasteiger charge is 2.40. The summed E-state index contributed by atoms with van der Waals surface area (Å²) >= 11 is 0. The van der Waals surface area contributed by atoms with Gasteiger partial charge in [-0.05, 0) is 0 Å². The van der Waals surface area contributed by atoms with Crippen LogP contribution in [0.15, 0.2) is 0 Å². The summed E-state index contributed by atoms with van der Waals surface area (Å²) in [6.45, 7) is 2.71. The SMILES string of the molecule is Cl.Cl.FC(F)C(F)(F)COCCN1CCNCC1. The molecule has 1 rings (SSSR count). The lowest BCUT2D eigenvalue weighted by atomic mass is 10.3. The molecule has 0 spiro atoms. The molecule has 1 heterocycles. The van der Waals surface area contributed by atoms with Crippen molar-refractivity contribution in [3.05, 3.63) is 0 Å². The second-order valence-corrected chi connectivity index (χ2v) is 3.71. The van der Waals surface area contributed by atoms with Crippen LogP contribution >= 0.6 is 24.8 Å². The fraction of sp³-hybridized carbons (Fsp3) is 1.00. The third-order valence-corrected chi connectivity index (χ3v) is 2.38. The molecule has 18 heavy (non-hydrogen) atoms. The quantitative estimate of drug-likeness (QED) is 0.596. The van der Waals surface area contributed by atoms with Gasteiger partial charge in [0.1, 0.15) is 6.61 Å². The van der Waals surface area contributed by atoms with Gasteiger partial charge >= 0.3 is 12.3 Å². The van der Waals surface area contributed by atoms with Gasteiger partial charge in [0.05, 0.1) is 6.61 Å². The smallest absolute Gasteiger partial charge is 0.330 e. The van der Waals surface area contributed by atoms with Crippen molar-refractivity contribution in [1.82, 2.24) is 10.2 Å². The molecule has 1 aliphatic heterocycles. The number of ether oxygens (including phenoxy) is 1. The predicted octanol–water partition coefficient (Wildman–Crippen LogP) is 1.65. The van der Waals surface area contributed by atoms with E-state index in [1.54, 1.807) is 0 Å². The van der Waals surface area contributed by atoms with Crippen molar-refractivity contribution in [3.8, 4) is 0 Å². The van der Waals surface area contributed by atoms with Crippen LogP contribution in [0.1, 0.15) is 0 Å². The second kappa shape index (κ2) is 10.0. The van der Waals surface area contributed by atoms with E-state index in [1.165, 1.54) is 0 Å². The Labute approximate surface area is 116 Å². The number of nitrogens with zero attached hydrogens (tertiary/aromatic N) is 1. The summed E-state index contributed by atoms with van der Waals surface area (Å²) in [7, 11) is 0. The van der Waals surface area contributed by atoms with Crippen molar-refractivity contribution < 1.29 is 22.3 Å². The Kier molecular flexibility index (Phi) is 11.4. The van der Waals surface area contributed by atoms with E-state index in [1.807, 2.05) is 4.90 Å². The minimum atomic E-state index is -4.04. The summed E-state index contributed by atoms with van der Waals surface area (Å²) in [5.41, 5.74) is 0. The van der Waals surface area contributed by atoms with E-state index in [4.69, 9.17) is 0 Å². The number of hydrogen-bond acceptors (Lipinski definition) is 3. The molecular formula is C9H18Cl2F4N2O. The summed E-state index contributed by atoms with van der Waals surface area (Å²) < 4.78 is 52.9. The minimum Gasteiger partial charge on any atom is -0.374 e. The standard InChI is InChI=1S/C9H16F4N2O.2ClH/c10-8(11)9(12,13)7-16-6-5-15-3-1-14-2-4-15;;/h8,14H,1-7H2;2*1H. The van der Waals surface area contributed by atoms with Crippen LogP contribution < -0.4 is 5.32 Å². The van der Waals surface area contributed by atoms with Crippen LogP contribution in [0, 0.1) is 0 Å². The lowest BCUT2D eigenvalue weighted by molar-refractivity contribution is -0.166. The van der Waals surface area contributed by atoms with Crippen LogP contribution in [0.25, 0.3) is 0 Å². The average Bonchev–Trinajstić information content (AvgIpc) is 2.26. The summed E-state index contributed by atoms with van der Waals surface area (Å²) in [4.78, 5) is 2.04. The maximum Gasteiger partial charge on any atom is 0.330 e. The van der Waals surface area contributed by atoms with Gasteiger partial charge in [0, 0.05) is 32.7 Å². The van der Waals surface area contributed by atoms with Gasteiger partial charge in [-0.2, -0.15) is 8.78 Å². The molecule has 0 amide bonds. The Bertz CT molecular complexity index is 207. The van der Waals surface area contributed by atoms with Crippen LogP contribution in [0.2, 0.25) is 0 Å². The zero-order chi connectivity index (χ0) is 12.0. The van der Waals surface area contributed by atoms with E-state index >= 15 is 0 Å². The normalized spacial score (nSPS) is 17.2. The molecular weight excluding hydrogens is 299 g/mol. The first-order valence-electron chi connectivity index (χ1n) is 5.19. The summed E-state index contributed by atoms with van der Waals surface area (Å²) in [6.07, 6.45) is -3.66. The van der Waals surface area contributed by atoms with Crippen molar-refractivity contribution in [2.45, 2.75) is 12.3 Å². The van der Waals surface area contributed by atoms with E-state index in [2.05, 4.69) is 10.1 Å². The number of nitrogens with one attached hydrogen (secondary N) is 1. The van der Waals surface area contributed by atoms with Gasteiger partial charge in [0.2, 0.25) is 0 Å². The third-order valence-electron chi connectivity index (χ3n) is 2.38. The summed E-state index contributed by atoms with van der Waals surface area (Å²) in [5, 5.41) is 3.14. The molecule has 0 unspecified atom stereocenters. The molecule has 3 nitrogen and oxygen atoms in total. The van der Waals surface area contributed by atoms with Crippen LogP contribution in [0.4, 0.5) is 17.6 Å². The molecule has 112 valence electrons. The molecule has 0 aromatic heterocycles. The lowest BCUT2D eigenvalue weighted by Crippen LogP contribution is -2.45. The van der Waals surface area contributed by atoms with E-state index in [-0.39, 0.29) is 31.4 Å².